The summed E-state index contributed by atoms with van der Waals surface area (Å²) < 4.78 is 1.38. The molecule has 4 N–H and O–H groups in total. The van der Waals surface area contributed by atoms with Gasteiger partial charge in [0, 0.05) is 11.1 Å². The summed E-state index contributed by atoms with van der Waals surface area (Å²) in [5, 5.41) is 41.3. The van der Waals surface area contributed by atoms with Gasteiger partial charge in [0.25, 0.3) is 5.56 Å². The van der Waals surface area contributed by atoms with E-state index in [1.54, 1.807) is 13.0 Å². The predicted octanol–water partition coefficient (Wildman–Crippen LogP) is 5.28. The van der Waals surface area contributed by atoms with Crippen LogP contribution in [0.5, 0.6) is 11.5 Å². The summed E-state index contributed by atoms with van der Waals surface area (Å²) in [5.41, 5.74) is 3.30. The van der Waals surface area contributed by atoms with E-state index in [1.165, 1.54) is 35.0 Å². The average molecular weight is 458 g/mol. The number of hydrogen-bond donors (Lipinski definition) is 4. The van der Waals surface area contributed by atoms with E-state index in [4.69, 9.17) is 0 Å². The molecule has 0 aliphatic heterocycles. The van der Waals surface area contributed by atoms with Gasteiger partial charge in [-0.25, -0.2) is 9.48 Å². The molecule has 0 spiro atoms. The third-order valence-electron chi connectivity index (χ3n) is 5.60. The number of aromatic carboxylic acids is 1. The molecule has 0 fully saturated rings. The maximum atomic E-state index is 13.0. The van der Waals surface area contributed by atoms with E-state index in [2.05, 4.69) is 15.3 Å². The molecule has 4 rings (SSSR count). The number of phenolic OH excluding ortho intramolecular Hbond substituents is 2. The number of aromatic nitrogens is 2. The second-order valence-corrected chi connectivity index (χ2v) is 7.90. The number of carboxylic acid groups (broad SMARTS) is 1. The number of nitrogens with zero attached hydrogens (tertiary/aromatic N) is 3. The third kappa shape index (κ3) is 4.06. The number of hydrogen-bond acceptors (Lipinski definition) is 6. The van der Waals surface area contributed by atoms with Crippen molar-refractivity contribution in [2.45, 2.75) is 20.8 Å². The van der Waals surface area contributed by atoms with Crippen molar-refractivity contribution >= 4 is 17.3 Å². The Balaban J connectivity index is 1.73. The van der Waals surface area contributed by atoms with Gasteiger partial charge >= 0.3 is 5.97 Å². The molecule has 0 atom stereocenters. The van der Waals surface area contributed by atoms with Crippen LogP contribution < -0.4 is 5.56 Å². The van der Waals surface area contributed by atoms with Crippen molar-refractivity contribution in [2.24, 2.45) is 10.2 Å². The van der Waals surface area contributed by atoms with Crippen LogP contribution in [0.4, 0.5) is 11.4 Å². The first kappa shape index (κ1) is 22.5. The maximum Gasteiger partial charge on any atom is 0.335 e. The molecule has 172 valence electrons. The largest absolute Gasteiger partial charge is 0.507 e. The van der Waals surface area contributed by atoms with Gasteiger partial charge in [0.15, 0.2) is 11.4 Å². The van der Waals surface area contributed by atoms with Crippen LogP contribution in [0.2, 0.25) is 0 Å². The van der Waals surface area contributed by atoms with Crippen molar-refractivity contribution in [3.8, 4) is 28.3 Å². The first-order valence-electron chi connectivity index (χ1n) is 10.4. The van der Waals surface area contributed by atoms with Crippen molar-refractivity contribution in [3.63, 3.8) is 0 Å². The minimum absolute atomic E-state index is 0.0472. The van der Waals surface area contributed by atoms with Gasteiger partial charge in [-0.15, -0.1) is 10.2 Å². The molecule has 0 saturated heterocycles. The van der Waals surface area contributed by atoms with Gasteiger partial charge in [0.1, 0.15) is 11.4 Å². The van der Waals surface area contributed by atoms with Crippen LogP contribution in [0.15, 0.2) is 69.6 Å². The first-order chi connectivity index (χ1) is 16.2. The normalized spacial score (nSPS) is 11.3. The fourth-order valence-corrected chi connectivity index (χ4v) is 3.52. The Bertz CT molecular complexity index is 1510. The number of aryl methyl sites for hydroxylation is 3. The molecule has 0 aliphatic carbocycles. The molecule has 0 aliphatic rings. The highest BCUT2D eigenvalue weighted by Crippen LogP contribution is 2.41. The molecular weight excluding hydrogens is 436 g/mol. The van der Waals surface area contributed by atoms with Gasteiger partial charge < -0.3 is 15.3 Å². The van der Waals surface area contributed by atoms with Crippen molar-refractivity contribution in [2.75, 3.05) is 0 Å². The van der Waals surface area contributed by atoms with E-state index >= 15 is 0 Å². The lowest BCUT2D eigenvalue weighted by Crippen LogP contribution is -2.14. The maximum absolute atomic E-state index is 13.0. The van der Waals surface area contributed by atoms with Gasteiger partial charge in [-0.05, 0) is 68.3 Å². The van der Waals surface area contributed by atoms with E-state index in [-0.39, 0.29) is 39.6 Å². The SMILES string of the molecule is Cc1ccc(-n2[nH]c(C)c(N=Nc3cccc(-c4cc(C(=O)O)ccc4O)c3O)c2=O)cc1C. The molecule has 34 heavy (non-hydrogen) atoms. The summed E-state index contributed by atoms with van der Waals surface area (Å²) in [6.07, 6.45) is 0. The topological polar surface area (TPSA) is 140 Å². The van der Waals surface area contributed by atoms with Crippen LogP contribution in [0.25, 0.3) is 16.8 Å². The van der Waals surface area contributed by atoms with Crippen LogP contribution in [-0.2, 0) is 0 Å². The summed E-state index contributed by atoms with van der Waals surface area (Å²) in [4.78, 5) is 24.3. The Labute approximate surface area is 194 Å². The number of rotatable bonds is 5. The number of carbonyl (C=O) groups is 1. The molecule has 1 heterocycles. The van der Waals surface area contributed by atoms with E-state index in [1.807, 2.05) is 32.0 Å². The number of aromatic hydroxyl groups is 2. The molecule has 0 radical (unpaired) electrons. The number of carboxylic acids is 1. The fraction of sp³-hybridized carbons (Fsp3) is 0.120. The number of azo groups is 1. The zero-order valence-corrected chi connectivity index (χ0v) is 18.7. The highest BCUT2D eigenvalue weighted by atomic mass is 16.4. The monoisotopic (exact) mass is 458 g/mol. The quantitative estimate of drug-likeness (QED) is 0.301. The minimum Gasteiger partial charge on any atom is -0.507 e. The van der Waals surface area contributed by atoms with E-state index in [0.29, 0.717) is 11.4 Å². The number of para-hydroxylation sites is 1. The Morgan fingerprint density at radius 1 is 0.912 bits per heavy atom. The predicted molar refractivity (Wildman–Crippen MR) is 127 cm³/mol. The molecule has 0 saturated carbocycles. The van der Waals surface area contributed by atoms with Crippen LogP contribution in [-0.4, -0.2) is 31.1 Å². The van der Waals surface area contributed by atoms with E-state index in [9.17, 15) is 24.9 Å². The zero-order chi connectivity index (χ0) is 24.6. The smallest absolute Gasteiger partial charge is 0.335 e. The van der Waals surface area contributed by atoms with Gasteiger partial charge in [0.2, 0.25) is 0 Å². The number of aromatic amines is 1. The minimum atomic E-state index is -1.17. The average Bonchev–Trinajstić information content (AvgIpc) is 3.08. The van der Waals surface area contributed by atoms with Gasteiger partial charge in [-0.3, -0.25) is 9.89 Å². The second-order valence-electron chi connectivity index (χ2n) is 7.90. The standard InChI is InChI=1S/C25H22N4O5/c1-13-7-9-17(11-14(13)2)29-24(32)22(15(3)28-29)27-26-20-6-4-5-18(23(20)31)19-12-16(25(33)34)8-10-21(19)30/h4-12,28,30-31H,1-3H3,(H,33,34). The Morgan fingerprint density at radius 2 is 1.68 bits per heavy atom. The highest BCUT2D eigenvalue weighted by molar-refractivity contribution is 5.91. The fourth-order valence-electron chi connectivity index (χ4n) is 3.52. The van der Waals surface area contributed by atoms with Crippen LogP contribution >= 0.6 is 0 Å². The van der Waals surface area contributed by atoms with Gasteiger partial charge in [-0.2, -0.15) is 0 Å². The molecule has 4 aromatic rings. The lowest BCUT2D eigenvalue weighted by atomic mass is 10.0. The summed E-state index contributed by atoms with van der Waals surface area (Å²) in [7, 11) is 0. The molecule has 9 heteroatoms. The Morgan fingerprint density at radius 3 is 2.38 bits per heavy atom. The molecule has 9 nitrogen and oxygen atoms in total. The number of benzene rings is 3. The molecular formula is C25H22N4O5. The first-order valence-corrected chi connectivity index (χ1v) is 10.4. The Hall–Kier alpha value is -4.66. The number of H-pyrrole nitrogens is 1. The lowest BCUT2D eigenvalue weighted by molar-refractivity contribution is 0.0697. The number of nitrogens with one attached hydrogen (secondary N) is 1. The molecule has 0 bridgehead atoms. The van der Waals surface area contributed by atoms with Crippen LogP contribution in [0.1, 0.15) is 27.2 Å². The van der Waals surface area contributed by atoms with Crippen molar-refractivity contribution < 1.29 is 20.1 Å². The van der Waals surface area contributed by atoms with Crippen LogP contribution in [0, 0.1) is 20.8 Å². The van der Waals surface area contributed by atoms with Gasteiger partial charge in [-0.1, -0.05) is 18.2 Å². The van der Waals surface area contributed by atoms with E-state index < -0.39 is 11.5 Å². The van der Waals surface area contributed by atoms with Crippen molar-refractivity contribution in [3.05, 3.63) is 87.3 Å². The second kappa shape index (κ2) is 8.70. The van der Waals surface area contributed by atoms with Crippen molar-refractivity contribution in [1.82, 2.24) is 9.78 Å². The highest BCUT2D eigenvalue weighted by Gasteiger charge is 2.16. The summed E-state index contributed by atoms with van der Waals surface area (Å²) in [6, 6.07) is 14.0. The van der Waals surface area contributed by atoms with Crippen LogP contribution in [0.3, 0.4) is 0 Å². The molecule has 0 unspecified atom stereocenters. The summed E-state index contributed by atoms with van der Waals surface area (Å²) >= 11 is 0. The molecule has 1 aromatic heterocycles. The Kier molecular flexibility index (Phi) is 5.77. The number of phenols is 2. The summed E-state index contributed by atoms with van der Waals surface area (Å²) in [6.45, 7) is 5.64. The van der Waals surface area contributed by atoms with Gasteiger partial charge in [0.05, 0.1) is 16.9 Å². The molecule has 3 aromatic carbocycles. The van der Waals surface area contributed by atoms with E-state index in [0.717, 1.165) is 11.1 Å². The molecule has 0 amide bonds. The zero-order valence-electron chi connectivity index (χ0n) is 18.7. The van der Waals surface area contributed by atoms with Crippen molar-refractivity contribution in [1.29, 1.82) is 0 Å². The third-order valence-corrected chi connectivity index (χ3v) is 5.60. The lowest BCUT2D eigenvalue weighted by Gasteiger charge is -2.09. The summed E-state index contributed by atoms with van der Waals surface area (Å²) in [5.74, 6) is -1.68.